The highest BCUT2D eigenvalue weighted by Crippen LogP contribution is 2.48. The molecule has 2 aromatic heterocycles. The SMILES string of the molecule is C[C@H](NP(=O)(OC[C@@]1(C#N)O[C@@H](c2ccc3c(N)ncnn23)[C@H](O)[C@@H]1O)Oc1ccccc1)C(=O)OCC1CCOCC1. The molecular weight excluding hydrogens is 583 g/mol. The molecule has 0 amide bonds. The van der Waals surface area contributed by atoms with E-state index in [0.717, 1.165) is 12.8 Å². The third-order valence-electron chi connectivity index (χ3n) is 7.37. The molecule has 0 radical (unpaired) electrons. The maximum absolute atomic E-state index is 14.0. The molecule has 16 heteroatoms. The van der Waals surface area contributed by atoms with Crippen molar-refractivity contribution in [2.75, 3.05) is 32.2 Å². The molecule has 15 nitrogen and oxygen atoms in total. The molecular formula is C27H33N6O9P. The number of hydrogen-bond donors (Lipinski definition) is 4. The molecule has 2 saturated heterocycles. The topological polar surface area (TPSA) is 213 Å². The molecule has 2 aliphatic heterocycles. The van der Waals surface area contributed by atoms with E-state index in [4.69, 9.17) is 29.0 Å². The van der Waals surface area contributed by atoms with Gasteiger partial charge in [0.15, 0.2) is 5.82 Å². The number of esters is 1. The van der Waals surface area contributed by atoms with Crippen molar-refractivity contribution < 1.29 is 42.8 Å². The first-order valence-corrected chi connectivity index (χ1v) is 15.2. The highest BCUT2D eigenvalue weighted by molar-refractivity contribution is 7.52. The van der Waals surface area contributed by atoms with Gasteiger partial charge in [-0.3, -0.25) is 9.32 Å². The van der Waals surface area contributed by atoms with E-state index in [-0.39, 0.29) is 29.8 Å². The van der Waals surface area contributed by atoms with Crippen LogP contribution in [-0.2, 0) is 28.1 Å². The van der Waals surface area contributed by atoms with Gasteiger partial charge >= 0.3 is 13.7 Å². The lowest BCUT2D eigenvalue weighted by Crippen LogP contribution is -2.46. The number of aromatic nitrogens is 3. The first-order chi connectivity index (χ1) is 20.6. The number of anilines is 1. The Morgan fingerprint density at radius 2 is 2.02 bits per heavy atom. The summed E-state index contributed by atoms with van der Waals surface area (Å²) < 4.78 is 43.3. The summed E-state index contributed by atoms with van der Waals surface area (Å²) in [6, 6.07) is 11.9. The average molecular weight is 617 g/mol. The average Bonchev–Trinajstić information content (AvgIpc) is 3.55. The van der Waals surface area contributed by atoms with Crippen LogP contribution in [0.5, 0.6) is 5.75 Å². The normalized spacial score (nSPS) is 26.4. The third-order valence-corrected chi connectivity index (χ3v) is 8.99. The van der Waals surface area contributed by atoms with Crippen LogP contribution in [0.2, 0.25) is 0 Å². The van der Waals surface area contributed by atoms with Crippen molar-refractivity contribution in [3.05, 3.63) is 54.5 Å². The second kappa shape index (κ2) is 12.9. The number of nitrogen functional groups attached to an aromatic ring is 1. The van der Waals surface area contributed by atoms with Gasteiger partial charge in [-0.1, -0.05) is 18.2 Å². The number of nitriles is 1. The van der Waals surface area contributed by atoms with E-state index in [1.165, 1.54) is 29.9 Å². The molecule has 0 bridgehead atoms. The van der Waals surface area contributed by atoms with Crippen LogP contribution in [0.15, 0.2) is 48.8 Å². The lowest BCUT2D eigenvalue weighted by molar-refractivity contribution is -0.147. The molecule has 2 fully saturated rings. The Labute approximate surface area is 247 Å². The fourth-order valence-electron chi connectivity index (χ4n) is 4.89. The van der Waals surface area contributed by atoms with Gasteiger partial charge in [-0.05, 0) is 49.9 Å². The highest BCUT2D eigenvalue weighted by atomic mass is 31.2. The van der Waals surface area contributed by atoms with Gasteiger partial charge < -0.3 is 34.7 Å². The number of nitrogens with two attached hydrogens (primary N) is 1. The van der Waals surface area contributed by atoms with Crippen LogP contribution < -0.4 is 15.3 Å². The van der Waals surface area contributed by atoms with Crippen LogP contribution in [-0.4, -0.2) is 81.1 Å². The van der Waals surface area contributed by atoms with Crippen LogP contribution in [0.25, 0.3) is 5.52 Å². The second-order valence-electron chi connectivity index (χ2n) is 10.4. The molecule has 1 unspecified atom stereocenters. The molecule has 6 atom stereocenters. The Kier molecular flexibility index (Phi) is 9.28. The van der Waals surface area contributed by atoms with Crippen molar-refractivity contribution in [2.24, 2.45) is 5.92 Å². The van der Waals surface area contributed by atoms with Crippen LogP contribution >= 0.6 is 7.75 Å². The molecule has 230 valence electrons. The van der Waals surface area contributed by atoms with E-state index in [1.54, 1.807) is 30.3 Å². The fraction of sp³-hybridized carbons (Fsp3) is 0.481. The molecule has 0 spiro atoms. The van der Waals surface area contributed by atoms with E-state index in [0.29, 0.717) is 18.7 Å². The number of rotatable bonds is 11. The predicted molar refractivity (Wildman–Crippen MR) is 149 cm³/mol. The van der Waals surface area contributed by atoms with Crippen molar-refractivity contribution >= 4 is 25.1 Å². The van der Waals surface area contributed by atoms with Crippen molar-refractivity contribution in [2.45, 2.75) is 49.7 Å². The van der Waals surface area contributed by atoms with Crippen molar-refractivity contribution in [1.29, 1.82) is 5.26 Å². The van der Waals surface area contributed by atoms with Gasteiger partial charge in [0, 0.05) is 13.2 Å². The number of fused-ring (bicyclic) bond motifs is 1. The van der Waals surface area contributed by atoms with E-state index in [1.807, 2.05) is 6.07 Å². The first-order valence-electron chi connectivity index (χ1n) is 13.7. The van der Waals surface area contributed by atoms with Crippen LogP contribution in [0.1, 0.15) is 31.6 Å². The number of hydrogen-bond acceptors (Lipinski definition) is 13. The zero-order valence-electron chi connectivity index (χ0n) is 23.3. The first kappa shape index (κ1) is 30.8. The van der Waals surface area contributed by atoms with E-state index in [2.05, 4.69) is 15.2 Å². The summed E-state index contributed by atoms with van der Waals surface area (Å²) in [7, 11) is -4.42. The van der Waals surface area contributed by atoms with E-state index < -0.39 is 50.3 Å². The van der Waals surface area contributed by atoms with E-state index in [9.17, 15) is 24.8 Å². The third kappa shape index (κ3) is 6.66. The quantitative estimate of drug-likeness (QED) is 0.178. The summed E-state index contributed by atoms with van der Waals surface area (Å²) in [6.07, 6.45) is -1.89. The summed E-state index contributed by atoms with van der Waals surface area (Å²) in [6.45, 7) is 2.00. The van der Waals surface area contributed by atoms with Gasteiger partial charge in [-0.2, -0.15) is 15.4 Å². The monoisotopic (exact) mass is 616 g/mol. The predicted octanol–water partition coefficient (Wildman–Crippen LogP) is 1.52. The lowest BCUT2D eigenvalue weighted by Gasteiger charge is -2.28. The number of para-hydroxylation sites is 1. The summed E-state index contributed by atoms with van der Waals surface area (Å²) >= 11 is 0. The Balaban J connectivity index is 1.33. The Bertz CT molecular complexity index is 1510. The smallest absolute Gasteiger partial charge is 0.459 e. The Morgan fingerprint density at radius 1 is 1.28 bits per heavy atom. The minimum Gasteiger partial charge on any atom is -0.464 e. The van der Waals surface area contributed by atoms with Crippen LogP contribution in [0.3, 0.4) is 0 Å². The zero-order chi connectivity index (χ0) is 30.6. The highest BCUT2D eigenvalue weighted by Gasteiger charge is 2.57. The lowest BCUT2D eigenvalue weighted by atomic mass is 9.96. The minimum atomic E-state index is -4.42. The number of nitrogens with one attached hydrogen (secondary N) is 1. The van der Waals surface area contributed by atoms with Gasteiger partial charge in [0.25, 0.3) is 0 Å². The Hall–Kier alpha value is -3.61. The van der Waals surface area contributed by atoms with Crippen LogP contribution in [0.4, 0.5) is 5.82 Å². The molecule has 4 heterocycles. The molecule has 5 rings (SSSR count). The summed E-state index contributed by atoms with van der Waals surface area (Å²) in [5, 5.41) is 38.7. The van der Waals surface area contributed by atoms with Gasteiger partial charge in [0.05, 0.1) is 12.3 Å². The maximum Gasteiger partial charge on any atom is 0.459 e. The number of carbonyl (C=O) groups excluding carboxylic acids is 1. The molecule has 43 heavy (non-hydrogen) atoms. The number of aliphatic hydroxyl groups excluding tert-OH is 2. The van der Waals surface area contributed by atoms with Gasteiger partial charge in [0.1, 0.15) is 54.6 Å². The number of aliphatic hydroxyl groups is 2. The molecule has 5 N–H and O–H groups in total. The van der Waals surface area contributed by atoms with Crippen LogP contribution in [0, 0.1) is 17.2 Å². The minimum absolute atomic E-state index is 0.148. The standard InChI is InChI=1S/C27H33N6O9P/c1-17(26(36)39-13-18-9-11-38-12-10-18)32-43(37,42-19-5-3-2-4-6-19)40-15-27(14-28)24(35)22(34)23(41-27)20-7-8-21-25(29)30-16-31-33(20)21/h2-8,16-18,22-24,34-35H,9-13,15H2,1H3,(H,32,37)(H2,29,30,31)/t17-,22-,23-,24-,27+,43?/m0/s1. The van der Waals surface area contributed by atoms with Crippen molar-refractivity contribution in [3.8, 4) is 11.8 Å². The molecule has 2 aliphatic rings. The molecule has 0 saturated carbocycles. The molecule has 3 aromatic rings. The largest absolute Gasteiger partial charge is 0.464 e. The molecule has 1 aromatic carbocycles. The van der Waals surface area contributed by atoms with Crippen molar-refractivity contribution in [1.82, 2.24) is 19.7 Å². The molecule has 0 aliphatic carbocycles. The Morgan fingerprint density at radius 3 is 2.74 bits per heavy atom. The van der Waals surface area contributed by atoms with Gasteiger partial charge in [0.2, 0.25) is 5.60 Å². The number of benzene rings is 1. The number of nitrogens with zero attached hydrogens (tertiary/aromatic N) is 4. The summed E-state index contributed by atoms with van der Waals surface area (Å²) in [5.74, 6) is -0.203. The fourth-order valence-corrected chi connectivity index (χ4v) is 6.42. The van der Waals surface area contributed by atoms with Gasteiger partial charge in [-0.25, -0.2) is 14.1 Å². The number of ether oxygens (including phenoxy) is 3. The maximum atomic E-state index is 14.0. The van der Waals surface area contributed by atoms with Gasteiger partial charge in [-0.15, -0.1) is 0 Å². The van der Waals surface area contributed by atoms with E-state index >= 15 is 0 Å². The summed E-state index contributed by atoms with van der Waals surface area (Å²) in [5.41, 5.74) is 4.43. The van der Waals surface area contributed by atoms with Crippen molar-refractivity contribution in [3.63, 3.8) is 0 Å². The zero-order valence-corrected chi connectivity index (χ0v) is 24.2. The second-order valence-corrected chi connectivity index (χ2v) is 12.1. The summed E-state index contributed by atoms with van der Waals surface area (Å²) in [4.78, 5) is 16.7. The number of carbonyl (C=O) groups is 1.